The molecule has 5 nitrogen and oxygen atoms in total. The Morgan fingerprint density at radius 2 is 1.75 bits per heavy atom. The number of anilines is 1. The van der Waals surface area contributed by atoms with Gasteiger partial charge >= 0.3 is 6.09 Å². The van der Waals surface area contributed by atoms with E-state index in [1.54, 1.807) is 18.3 Å². The fraction of sp³-hybridized carbons (Fsp3) is 0.130. The Morgan fingerprint density at radius 3 is 2.43 bits per heavy atom. The first-order valence-electron chi connectivity index (χ1n) is 9.01. The molecule has 1 aliphatic carbocycles. The maximum atomic E-state index is 12.1. The van der Waals surface area contributed by atoms with Gasteiger partial charge in [0.05, 0.1) is 6.54 Å². The van der Waals surface area contributed by atoms with Crippen LogP contribution in [0.4, 0.5) is 10.6 Å². The monoisotopic (exact) mass is 369 g/mol. The quantitative estimate of drug-likeness (QED) is 0.692. The number of benzene rings is 2. The number of ether oxygens (including phenoxy) is 1. The van der Waals surface area contributed by atoms with Crippen molar-refractivity contribution in [3.05, 3.63) is 83.6 Å². The van der Waals surface area contributed by atoms with Gasteiger partial charge in [0.2, 0.25) is 0 Å². The summed E-state index contributed by atoms with van der Waals surface area (Å²) in [5, 5.41) is 2.66. The zero-order chi connectivity index (χ0) is 19.3. The van der Waals surface area contributed by atoms with Crippen molar-refractivity contribution in [1.82, 2.24) is 10.3 Å². The smallest absolute Gasteiger partial charge is 0.407 e. The molecule has 1 amide bonds. The summed E-state index contributed by atoms with van der Waals surface area (Å²) in [6.45, 7) is 0.479. The molecule has 1 aromatic heterocycles. The summed E-state index contributed by atoms with van der Waals surface area (Å²) in [5.74, 6) is 6.26. The standard InChI is InChI=1S/C23H19N3O2/c24-22-14-16(11-13-25-22)6-5-12-26-23(27)28-15-21-19-9-3-1-7-17(19)18-8-2-4-10-20(18)21/h1-4,7-11,13-14,21H,12,15H2,(H2,24,25)(H,26,27). The number of aromatic nitrogens is 1. The molecular formula is C23H19N3O2. The van der Waals surface area contributed by atoms with Crippen molar-refractivity contribution in [3.8, 4) is 23.0 Å². The summed E-state index contributed by atoms with van der Waals surface area (Å²) in [7, 11) is 0. The lowest BCUT2D eigenvalue weighted by atomic mass is 9.98. The molecule has 1 heterocycles. The van der Waals surface area contributed by atoms with E-state index in [9.17, 15) is 4.79 Å². The molecule has 0 saturated heterocycles. The van der Waals surface area contributed by atoms with Crippen molar-refractivity contribution in [2.45, 2.75) is 5.92 Å². The van der Waals surface area contributed by atoms with Gasteiger partial charge in [-0.1, -0.05) is 60.4 Å². The van der Waals surface area contributed by atoms with Crippen LogP contribution in [0, 0.1) is 11.8 Å². The number of hydrogen-bond acceptors (Lipinski definition) is 4. The van der Waals surface area contributed by atoms with Gasteiger partial charge in [-0.25, -0.2) is 9.78 Å². The first-order valence-corrected chi connectivity index (χ1v) is 9.01. The molecule has 1 aliphatic rings. The lowest BCUT2D eigenvalue weighted by molar-refractivity contribution is 0.144. The highest BCUT2D eigenvalue weighted by atomic mass is 16.5. The number of nitrogens with one attached hydrogen (secondary N) is 1. The zero-order valence-corrected chi connectivity index (χ0v) is 15.2. The molecule has 0 atom stereocenters. The molecule has 0 bridgehead atoms. The molecule has 28 heavy (non-hydrogen) atoms. The Kier molecular flexibility index (Phi) is 4.94. The van der Waals surface area contributed by atoms with Crippen LogP contribution in [-0.4, -0.2) is 24.2 Å². The van der Waals surface area contributed by atoms with Crippen LogP contribution in [0.2, 0.25) is 0 Å². The zero-order valence-electron chi connectivity index (χ0n) is 15.2. The highest BCUT2D eigenvalue weighted by molar-refractivity contribution is 5.79. The second kappa shape index (κ2) is 7.85. The van der Waals surface area contributed by atoms with E-state index in [2.05, 4.69) is 46.4 Å². The summed E-state index contributed by atoms with van der Waals surface area (Å²) in [4.78, 5) is 16.0. The molecule has 3 aromatic rings. The second-order valence-electron chi connectivity index (χ2n) is 6.45. The lowest BCUT2D eigenvalue weighted by Gasteiger charge is -2.14. The van der Waals surface area contributed by atoms with E-state index in [0.29, 0.717) is 5.82 Å². The van der Waals surface area contributed by atoms with Crippen molar-refractivity contribution >= 4 is 11.9 Å². The van der Waals surface area contributed by atoms with Gasteiger partial charge in [0.15, 0.2) is 0 Å². The van der Waals surface area contributed by atoms with Crippen LogP contribution in [-0.2, 0) is 4.74 Å². The third-order valence-electron chi connectivity index (χ3n) is 4.68. The van der Waals surface area contributed by atoms with E-state index in [1.165, 1.54) is 22.3 Å². The number of carbonyl (C=O) groups is 1. The summed E-state index contributed by atoms with van der Waals surface area (Å²) < 4.78 is 5.46. The number of rotatable bonds is 3. The van der Waals surface area contributed by atoms with Crippen molar-refractivity contribution in [2.75, 3.05) is 18.9 Å². The van der Waals surface area contributed by atoms with Crippen molar-refractivity contribution in [2.24, 2.45) is 0 Å². The molecule has 0 saturated carbocycles. The third kappa shape index (κ3) is 3.67. The Bertz CT molecular complexity index is 1040. The van der Waals surface area contributed by atoms with Crippen LogP contribution >= 0.6 is 0 Å². The number of nitrogen functional groups attached to an aromatic ring is 1. The maximum Gasteiger partial charge on any atom is 0.407 e. The van der Waals surface area contributed by atoms with Gasteiger partial charge < -0.3 is 15.8 Å². The molecule has 0 aliphatic heterocycles. The van der Waals surface area contributed by atoms with Crippen molar-refractivity contribution in [3.63, 3.8) is 0 Å². The summed E-state index contributed by atoms with van der Waals surface area (Å²) in [5.41, 5.74) is 11.1. The van der Waals surface area contributed by atoms with Gasteiger partial charge in [0.25, 0.3) is 0 Å². The van der Waals surface area contributed by atoms with Crippen LogP contribution in [0.3, 0.4) is 0 Å². The van der Waals surface area contributed by atoms with Crippen LogP contribution in [0.1, 0.15) is 22.6 Å². The number of fused-ring (bicyclic) bond motifs is 3. The lowest BCUT2D eigenvalue weighted by Crippen LogP contribution is -2.26. The number of nitrogens with two attached hydrogens (primary N) is 1. The molecule has 138 valence electrons. The summed E-state index contributed by atoms with van der Waals surface area (Å²) in [6, 6.07) is 19.9. The topological polar surface area (TPSA) is 77.2 Å². The van der Waals surface area contributed by atoms with Gasteiger partial charge in [0.1, 0.15) is 12.4 Å². The minimum Gasteiger partial charge on any atom is -0.449 e. The van der Waals surface area contributed by atoms with E-state index < -0.39 is 6.09 Å². The number of carbonyl (C=O) groups excluding carboxylic acids is 1. The van der Waals surface area contributed by atoms with Crippen LogP contribution in [0.25, 0.3) is 11.1 Å². The Hall–Kier alpha value is -3.78. The van der Waals surface area contributed by atoms with Crippen LogP contribution in [0.5, 0.6) is 0 Å². The number of hydrogen-bond donors (Lipinski definition) is 2. The number of pyridine rings is 1. The largest absolute Gasteiger partial charge is 0.449 e. The summed E-state index contributed by atoms with van der Waals surface area (Å²) >= 11 is 0. The van der Waals surface area contributed by atoms with E-state index in [0.717, 1.165) is 5.56 Å². The first kappa shape index (κ1) is 17.6. The van der Waals surface area contributed by atoms with Crippen molar-refractivity contribution < 1.29 is 9.53 Å². The fourth-order valence-electron chi connectivity index (χ4n) is 3.44. The maximum absolute atomic E-state index is 12.1. The Balaban J connectivity index is 1.35. The Morgan fingerprint density at radius 1 is 1.07 bits per heavy atom. The minimum atomic E-state index is -0.481. The average molecular weight is 369 g/mol. The predicted octanol–water partition coefficient (Wildman–Crippen LogP) is 3.55. The third-order valence-corrected chi connectivity index (χ3v) is 4.68. The SMILES string of the molecule is Nc1cc(C#CCNC(=O)OCC2c3ccccc3-c3ccccc32)ccn1. The van der Waals surface area contributed by atoms with E-state index in [4.69, 9.17) is 10.5 Å². The average Bonchev–Trinajstić information content (AvgIpc) is 3.04. The predicted molar refractivity (Wildman–Crippen MR) is 109 cm³/mol. The molecule has 4 rings (SSSR count). The van der Waals surface area contributed by atoms with Crippen LogP contribution < -0.4 is 11.1 Å². The first-order chi connectivity index (χ1) is 13.7. The Labute approximate surface area is 163 Å². The summed E-state index contributed by atoms with van der Waals surface area (Å²) in [6.07, 6.45) is 1.11. The second-order valence-corrected chi connectivity index (χ2v) is 6.45. The number of amides is 1. The molecule has 2 aromatic carbocycles. The highest BCUT2D eigenvalue weighted by Gasteiger charge is 2.28. The normalized spacial score (nSPS) is 11.7. The van der Waals surface area contributed by atoms with E-state index >= 15 is 0 Å². The highest BCUT2D eigenvalue weighted by Crippen LogP contribution is 2.44. The van der Waals surface area contributed by atoms with Gasteiger partial charge in [-0.15, -0.1) is 0 Å². The van der Waals surface area contributed by atoms with Gasteiger partial charge in [-0.05, 0) is 34.4 Å². The molecular weight excluding hydrogens is 350 g/mol. The minimum absolute atomic E-state index is 0.0454. The van der Waals surface area contributed by atoms with Gasteiger partial charge in [-0.3, -0.25) is 0 Å². The van der Waals surface area contributed by atoms with Gasteiger partial charge in [-0.2, -0.15) is 0 Å². The van der Waals surface area contributed by atoms with Gasteiger partial charge in [0, 0.05) is 17.7 Å². The van der Waals surface area contributed by atoms with E-state index in [1.807, 2.05) is 24.3 Å². The van der Waals surface area contributed by atoms with Crippen LogP contribution in [0.15, 0.2) is 66.9 Å². The fourth-order valence-corrected chi connectivity index (χ4v) is 3.44. The molecule has 3 N–H and O–H groups in total. The number of nitrogens with zero attached hydrogens (tertiary/aromatic N) is 1. The van der Waals surface area contributed by atoms with Crippen molar-refractivity contribution in [1.29, 1.82) is 0 Å². The molecule has 0 unspecified atom stereocenters. The molecule has 0 spiro atoms. The van der Waals surface area contributed by atoms with E-state index in [-0.39, 0.29) is 19.1 Å². The number of alkyl carbamates (subject to hydrolysis) is 1. The molecule has 5 heteroatoms. The molecule has 0 radical (unpaired) electrons. The molecule has 0 fully saturated rings.